The molecule has 0 radical (unpaired) electrons. The number of ether oxygens (including phenoxy) is 1. The predicted octanol–water partition coefficient (Wildman–Crippen LogP) is 1.04. The Morgan fingerprint density at radius 2 is 2.09 bits per heavy atom. The van der Waals surface area contributed by atoms with Gasteiger partial charge in [0, 0.05) is 5.41 Å². The van der Waals surface area contributed by atoms with Gasteiger partial charge in [-0.3, -0.25) is 0 Å². The van der Waals surface area contributed by atoms with Crippen LogP contribution in [-0.4, -0.2) is 30.8 Å². The molecule has 0 saturated carbocycles. The first-order valence-electron chi connectivity index (χ1n) is 3.66. The van der Waals surface area contributed by atoms with Crippen molar-refractivity contribution < 1.29 is 18.6 Å². The third-order valence-corrected chi connectivity index (χ3v) is 2.35. The van der Waals surface area contributed by atoms with E-state index in [1.165, 1.54) is 0 Å². The van der Waals surface area contributed by atoms with E-state index >= 15 is 0 Å². The Hall–Kier alpha value is -0.220. The second-order valence-corrected chi connectivity index (χ2v) is 2.99. The fraction of sp³-hybridized carbons (Fsp3) is 1.00. The van der Waals surface area contributed by atoms with E-state index in [1.54, 1.807) is 6.92 Å². The van der Waals surface area contributed by atoms with Gasteiger partial charge in [0.15, 0.2) is 0 Å². The molecule has 1 fully saturated rings. The minimum atomic E-state index is -2.65. The van der Waals surface area contributed by atoms with Crippen molar-refractivity contribution in [1.82, 2.24) is 0 Å². The summed E-state index contributed by atoms with van der Waals surface area (Å²) >= 11 is 0. The highest BCUT2D eigenvalue weighted by molar-refractivity contribution is 4.92. The van der Waals surface area contributed by atoms with Gasteiger partial charge >= 0.3 is 0 Å². The van der Waals surface area contributed by atoms with Gasteiger partial charge in [-0.1, -0.05) is 6.92 Å². The molecule has 1 aliphatic heterocycles. The van der Waals surface area contributed by atoms with Gasteiger partial charge in [-0.05, 0) is 6.42 Å². The van der Waals surface area contributed by atoms with Crippen molar-refractivity contribution in [1.29, 1.82) is 0 Å². The summed E-state index contributed by atoms with van der Waals surface area (Å²) in [5, 5.41) is 9.07. The monoisotopic (exact) mass is 166 g/mol. The first-order valence-corrected chi connectivity index (χ1v) is 3.66. The number of hydrogen-bond acceptors (Lipinski definition) is 2. The average molecular weight is 166 g/mol. The molecule has 1 rings (SSSR count). The molecule has 1 unspecified atom stereocenters. The van der Waals surface area contributed by atoms with Gasteiger partial charge in [0.05, 0.1) is 13.2 Å². The first-order chi connectivity index (χ1) is 5.12. The van der Waals surface area contributed by atoms with Gasteiger partial charge in [-0.15, -0.1) is 0 Å². The molecule has 0 spiro atoms. The molecule has 0 aromatic heterocycles. The number of halogens is 2. The van der Waals surface area contributed by atoms with Gasteiger partial charge < -0.3 is 9.84 Å². The zero-order chi connectivity index (χ0) is 8.48. The smallest absolute Gasteiger partial charge is 0.264 e. The van der Waals surface area contributed by atoms with Crippen molar-refractivity contribution >= 4 is 0 Å². The van der Waals surface area contributed by atoms with Crippen LogP contribution in [0.5, 0.6) is 0 Å². The van der Waals surface area contributed by atoms with Crippen molar-refractivity contribution in [3.05, 3.63) is 0 Å². The third kappa shape index (κ3) is 1.37. The standard InChI is InChI=1S/C7H12F2O2/c1-2-7(3-11-4-7)5(10)6(8)9/h5-6,10H,2-4H2,1H3. The van der Waals surface area contributed by atoms with Crippen LogP contribution in [0.3, 0.4) is 0 Å². The number of rotatable bonds is 3. The van der Waals surface area contributed by atoms with Gasteiger partial charge in [0.1, 0.15) is 6.10 Å². The van der Waals surface area contributed by atoms with Crippen LogP contribution >= 0.6 is 0 Å². The zero-order valence-corrected chi connectivity index (χ0v) is 6.39. The summed E-state index contributed by atoms with van der Waals surface area (Å²) in [5.74, 6) is 0. The van der Waals surface area contributed by atoms with E-state index in [0.29, 0.717) is 6.42 Å². The number of hydrogen-bond donors (Lipinski definition) is 1. The van der Waals surface area contributed by atoms with Crippen LogP contribution < -0.4 is 0 Å². The second kappa shape index (κ2) is 3.03. The van der Waals surface area contributed by atoms with Crippen molar-refractivity contribution in [3.8, 4) is 0 Å². The van der Waals surface area contributed by atoms with Gasteiger partial charge in [0.2, 0.25) is 0 Å². The zero-order valence-electron chi connectivity index (χ0n) is 6.39. The lowest BCUT2D eigenvalue weighted by molar-refractivity contribution is -0.205. The molecule has 1 atom stereocenters. The summed E-state index contributed by atoms with van der Waals surface area (Å²) in [6.45, 7) is 2.30. The molecule has 1 saturated heterocycles. The summed E-state index contributed by atoms with van der Waals surface area (Å²) in [6.07, 6.45) is -3.64. The number of aliphatic hydroxyl groups is 1. The molecule has 1 heterocycles. The summed E-state index contributed by atoms with van der Waals surface area (Å²) in [6, 6.07) is 0. The summed E-state index contributed by atoms with van der Waals surface area (Å²) < 4.78 is 28.9. The molecule has 0 aromatic rings. The average Bonchev–Trinajstić information content (AvgIpc) is 1.86. The Labute approximate surface area is 64.2 Å². The van der Waals surface area contributed by atoms with Crippen LogP contribution in [0.2, 0.25) is 0 Å². The second-order valence-electron chi connectivity index (χ2n) is 2.99. The number of aliphatic hydroxyl groups excluding tert-OH is 1. The molecule has 1 aliphatic rings. The van der Waals surface area contributed by atoms with Crippen LogP contribution in [-0.2, 0) is 4.74 Å². The fourth-order valence-corrected chi connectivity index (χ4v) is 1.22. The van der Waals surface area contributed by atoms with E-state index in [0.717, 1.165) is 0 Å². The molecule has 2 nitrogen and oxygen atoms in total. The quantitative estimate of drug-likeness (QED) is 0.678. The summed E-state index contributed by atoms with van der Waals surface area (Å²) in [5.41, 5.74) is -0.672. The van der Waals surface area contributed by atoms with Crippen molar-refractivity contribution in [2.24, 2.45) is 5.41 Å². The Kier molecular flexibility index (Phi) is 2.44. The maximum atomic E-state index is 12.0. The van der Waals surface area contributed by atoms with Crippen LogP contribution in [0.15, 0.2) is 0 Å². The molecule has 0 amide bonds. The lowest BCUT2D eigenvalue weighted by Gasteiger charge is -2.43. The normalized spacial score (nSPS) is 24.8. The van der Waals surface area contributed by atoms with Crippen LogP contribution in [0.1, 0.15) is 13.3 Å². The van der Waals surface area contributed by atoms with E-state index in [1.807, 2.05) is 0 Å². The van der Waals surface area contributed by atoms with E-state index in [-0.39, 0.29) is 13.2 Å². The van der Waals surface area contributed by atoms with Crippen molar-refractivity contribution in [2.75, 3.05) is 13.2 Å². The van der Waals surface area contributed by atoms with E-state index in [9.17, 15) is 8.78 Å². The predicted molar refractivity (Wildman–Crippen MR) is 35.6 cm³/mol. The maximum absolute atomic E-state index is 12.0. The highest BCUT2D eigenvalue weighted by Gasteiger charge is 2.47. The van der Waals surface area contributed by atoms with Crippen LogP contribution in [0.25, 0.3) is 0 Å². The molecule has 4 heteroatoms. The largest absolute Gasteiger partial charge is 0.386 e. The molecular formula is C7H12F2O2. The lowest BCUT2D eigenvalue weighted by Crippen LogP contribution is -2.53. The highest BCUT2D eigenvalue weighted by atomic mass is 19.3. The van der Waals surface area contributed by atoms with Crippen LogP contribution in [0.4, 0.5) is 8.78 Å². The van der Waals surface area contributed by atoms with Crippen molar-refractivity contribution in [2.45, 2.75) is 25.9 Å². The van der Waals surface area contributed by atoms with E-state index in [4.69, 9.17) is 9.84 Å². The molecule has 66 valence electrons. The molecular weight excluding hydrogens is 154 g/mol. The third-order valence-electron chi connectivity index (χ3n) is 2.35. The Morgan fingerprint density at radius 3 is 2.18 bits per heavy atom. The summed E-state index contributed by atoms with van der Waals surface area (Å²) in [4.78, 5) is 0. The first kappa shape index (κ1) is 8.87. The topological polar surface area (TPSA) is 29.5 Å². The highest BCUT2D eigenvalue weighted by Crippen LogP contribution is 2.37. The van der Waals surface area contributed by atoms with E-state index in [2.05, 4.69) is 0 Å². The Bertz CT molecular complexity index is 129. The molecule has 11 heavy (non-hydrogen) atoms. The summed E-state index contributed by atoms with van der Waals surface area (Å²) in [7, 11) is 0. The minimum Gasteiger partial charge on any atom is -0.386 e. The van der Waals surface area contributed by atoms with Crippen molar-refractivity contribution in [3.63, 3.8) is 0 Å². The van der Waals surface area contributed by atoms with Crippen LogP contribution in [0, 0.1) is 5.41 Å². The Morgan fingerprint density at radius 1 is 1.55 bits per heavy atom. The van der Waals surface area contributed by atoms with Gasteiger partial charge in [-0.25, -0.2) is 8.78 Å². The van der Waals surface area contributed by atoms with Gasteiger partial charge in [-0.2, -0.15) is 0 Å². The maximum Gasteiger partial charge on any atom is 0.264 e. The fourth-order valence-electron chi connectivity index (χ4n) is 1.22. The van der Waals surface area contributed by atoms with E-state index < -0.39 is 17.9 Å². The van der Waals surface area contributed by atoms with Gasteiger partial charge in [0.25, 0.3) is 6.43 Å². The lowest BCUT2D eigenvalue weighted by atomic mass is 9.78. The molecule has 0 bridgehead atoms. The SMILES string of the molecule is CCC1(C(O)C(F)F)COC1. The molecule has 1 N–H and O–H groups in total. The molecule has 0 aliphatic carbocycles. The number of alkyl halides is 2. The Balaban J connectivity index is 2.54. The molecule has 0 aromatic carbocycles. The minimum absolute atomic E-state index is 0.259.